The molecule has 0 saturated carbocycles. The van der Waals surface area contributed by atoms with E-state index in [0.717, 1.165) is 46.2 Å². The van der Waals surface area contributed by atoms with Crippen molar-refractivity contribution >= 4 is 39.8 Å². The van der Waals surface area contributed by atoms with Gasteiger partial charge in [0.05, 0.1) is 28.6 Å². The summed E-state index contributed by atoms with van der Waals surface area (Å²) in [4.78, 5) is 48.5. The molecular formula is C36H38CoN10O10. The van der Waals surface area contributed by atoms with E-state index in [1.807, 2.05) is 19.9 Å². The number of azo groups is 2. The molecule has 0 spiro atoms. The first-order valence-electron chi connectivity index (χ1n) is 17.2. The fourth-order valence-electron chi connectivity index (χ4n) is 5.26. The number of hydrogen-bond acceptors (Lipinski definition) is 15. The molecule has 2 aromatic carbocycles. The summed E-state index contributed by atoms with van der Waals surface area (Å²) in [7, 11) is 0. The van der Waals surface area contributed by atoms with Gasteiger partial charge in [-0.3, -0.25) is 39.0 Å². The van der Waals surface area contributed by atoms with E-state index < -0.39 is 44.2 Å². The average molecular weight is 830 g/mol. The number of non-ortho nitro benzene ring substituents is 2. The van der Waals surface area contributed by atoms with Gasteiger partial charge in [-0.05, 0) is 43.4 Å². The van der Waals surface area contributed by atoms with E-state index in [4.69, 9.17) is 6.57 Å². The fourth-order valence-corrected chi connectivity index (χ4v) is 5.26. The normalized spacial score (nSPS) is 10.7. The second-order valence-corrected chi connectivity index (χ2v) is 11.8. The molecule has 4 N–H and O–H groups in total. The van der Waals surface area contributed by atoms with Crippen LogP contribution in [0.5, 0.6) is 23.3 Å². The Hall–Kier alpha value is -6.97. The summed E-state index contributed by atoms with van der Waals surface area (Å²) >= 11 is 0. The van der Waals surface area contributed by atoms with Crippen LogP contribution in [0.25, 0.3) is 4.85 Å². The molecule has 2 heterocycles. The number of phenolic OH excluding ortho intramolecular Hbond substituents is 2. The van der Waals surface area contributed by atoms with E-state index in [0.29, 0.717) is 12.8 Å². The Morgan fingerprint density at radius 1 is 0.737 bits per heavy atom. The van der Waals surface area contributed by atoms with Crippen molar-refractivity contribution in [3.8, 4) is 29.3 Å². The number of hydrogen-bond donors (Lipinski definition) is 4. The third-order valence-electron chi connectivity index (χ3n) is 8.26. The summed E-state index contributed by atoms with van der Waals surface area (Å²) in [6.45, 7) is 15.0. The zero-order valence-corrected chi connectivity index (χ0v) is 32.2. The molecule has 0 bridgehead atoms. The summed E-state index contributed by atoms with van der Waals surface area (Å²) in [5.74, 6) is -1.75. The van der Waals surface area contributed by atoms with Crippen LogP contribution in [-0.2, 0) is 42.7 Å². The maximum Gasteiger partial charge on any atom is 0.273 e. The Kier molecular flexibility index (Phi) is 17.2. The summed E-state index contributed by atoms with van der Waals surface area (Å²) in [6, 6.07) is 8.44. The molecule has 1 radical (unpaired) electrons. The predicted molar refractivity (Wildman–Crippen MR) is 202 cm³/mol. The Bertz CT molecular complexity index is 2250. The number of phenols is 2. The van der Waals surface area contributed by atoms with Crippen LogP contribution >= 0.6 is 0 Å². The molecule has 57 heavy (non-hydrogen) atoms. The average Bonchev–Trinajstić information content (AvgIpc) is 3.17. The summed E-state index contributed by atoms with van der Waals surface area (Å²) in [5.41, 5.74) is -1.79. The minimum atomic E-state index is -0.662. The molecule has 0 amide bonds. The van der Waals surface area contributed by atoms with Gasteiger partial charge in [-0.15, -0.1) is 20.5 Å². The van der Waals surface area contributed by atoms with Crippen LogP contribution in [0.3, 0.4) is 0 Å². The quantitative estimate of drug-likeness (QED) is 0.0405. The summed E-state index contributed by atoms with van der Waals surface area (Å²) in [5, 5.41) is 87.3. The first-order chi connectivity index (χ1) is 26.7. The molecule has 4 aromatic rings. The second-order valence-electron chi connectivity index (χ2n) is 11.8. The van der Waals surface area contributed by atoms with Crippen molar-refractivity contribution in [3.63, 3.8) is 0 Å². The van der Waals surface area contributed by atoms with Gasteiger partial charge in [0.2, 0.25) is 11.8 Å². The first-order valence-corrected chi connectivity index (χ1v) is 17.2. The molecule has 0 aliphatic heterocycles. The fraction of sp³-hybridized carbons (Fsp3) is 0.333. The maximum absolute atomic E-state index is 12.5. The Morgan fingerprint density at radius 3 is 1.51 bits per heavy atom. The largest absolute Gasteiger partial charge is 0.505 e. The smallest absolute Gasteiger partial charge is 0.273 e. The zero-order valence-electron chi connectivity index (χ0n) is 31.2. The number of unbranched alkanes of at least 4 members (excludes halogenated alkanes) is 2. The van der Waals surface area contributed by atoms with Gasteiger partial charge in [0, 0.05) is 47.6 Å². The third-order valence-corrected chi connectivity index (χ3v) is 8.26. The third kappa shape index (κ3) is 10.6. The SMILES string of the molecule is CCCCn1c(O)c(N=Nc2ccc([N+](=O)[O-])cc2O)c(CC)c(C#N)c1=O.[C-]#[N+]c1c(CC)c(N=Nc2ccc([N+](=O)[O-])cc2O)c(O)n(CCCC)c1=O.[Co]. The minimum absolute atomic E-state index is 0. The monoisotopic (exact) mass is 829 g/mol. The molecule has 0 unspecified atom stereocenters. The first kappa shape index (κ1) is 46.2. The number of benzene rings is 2. The molecule has 20 nitrogen and oxygen atoms in total. The van der Waals surface area contributed by atoms with Crippen molar-refractivity contribution in [2.24, 2.45) is 20.5 Å². The van der Waals surface area contributed by atoms with Gasteiger partial charge in [0.25, 0.3) is 28.2 Å². The molecular weight excluding hydrogens is 791 g/mol. The number of aromatic hydroxyl groups is 4. The molecule has 0 aliphatic rings. The van der Waals surface area contributed by atoms with Crippen LogP contribution in [0.1, 0.15) is 70.1 Å². The number of pyridine rings is 2. The zero-order chi connectivity index (χ0) is 41.7. The number of nitro groups is 2. The van der Waals surface area contributed by atoms with Crippen LogP contribution in [0.2, 0.25) is 0 Å². The molecule has 0 atom stereocenters. The number of aromatic nitrogens is 2. The minimum Gasteiger partial charge on any atom is -0.505 e. The molecule has 4 rings (SSSR count). The molecule has 2 aromatic heterocycles. The standard InChI is InChI=1S/2C18H19N5O5.Co/c1-4-6-9-22-17(25)15(19-3)12(5-2)16(18(22)26)21-20-13-8-7-11(23(27)28)10-14(13)24;1-3-5-8-22-17(25)13(10-19)12(4-2)16(18(22)26)21-20-14-7-6-11(23(27)28)9-15(14)24;/h7-8,10,24,26H,4-6,9H2,1-2H3;6-7,9,24,26H,3-5,8H2,1-2H3;. The summed E-state index contributed by atoms with van der Waals surface area (Å²) in [6.07, 6.45) is 3.30. The van der Waals surface area contributed by atoms with Gasteiger partial charge in [-0.25, -0.2) is 4.85 Å². The van der Waals surface area contributed by atoms with Gasteiger partial charge in [0.15, 0.2) is 5.69 Å². The van der Waals surface area contributed by atoms with Crippen molar-refractivity contribution < 1.29 is 47.1 Å². The van der Waals surface area contributed by atoms with Gasteiger partial charge in [0.1, 0.15) is 40.2 Å². The van der Waals surface area contributed by atoms with Crippen molar-refractivity contribution in [1.82, 2.24) is 9.13 Å². The molecule has 21 heteroatoms. The second kappa shape index (κ2) is 21.2. The van der Waals surface area contributed by atoms with E-state index in [1.54, 1.807) is 13.8 Å². The van der Waals surface area contributed by atoms with Gasteiger partial charge >= 0.3 is 0 Å². The van der Waals surface area contributed by atoms with E-state index in [2.05, 4.69) is 25.3 Å². The van der Waals surface area contributed by atoms with E-state index in [1.165, 1.54) is 12.1 Å². The van der Waals surface area contributed by atoms with Crippen LogP contribution in [0, 0.1) is 38.1 Å². The van der Waals surface area contributed by atoms with Gasteiger partial charge in [-0.2, -0.15) is 5.26 Å². The Balaban J connectivity index is 0.000000387. The van der Waals surface area contributed by atoms with Crippen molar-refractivity contribution in [2.75, 3.05) is 0 Å². The van der Waals surface area contributed by atoms with Crippen molar-refractivity contribution in [2.45, 2.75) is 79.3 Å². The van der Waals surface area contributed by atoms with E-state index in [-0.39, 0.29) is 99.2 Å². The van der Waals surface area contributed by atoms with E-state index in [9.17, 15) is 55.5 Å². The molecule has 0 aliphatic carbocycles. The van der Waals surface area contributed by atoms with Crippen LogP contribution < -0.4 is 11.1 Å². The number of nitro benzene ring substituents is 2. The number of nitrogens with zero attached hydrogens (tertiary/aromatic N) is 10. The van der Waals surface area contributed by atoms with Gasteiger partial charge in [-0.1, -0.05) is 40.5 Å². The van der Waals surface area contributed by atoms with Gasteiger partial charge < -0.3 is 20.4 Å². The van der Waals surface area contributed by atoms with Crippen molar-refractivity contribution in [3.05, 3.63) is 105 Å². The van der Waals surface area contributed by atoms with Crippen molar-refractivity contribution in [1.29, 1.82) is 5.26 Å². The number of rotatable bonds is 14. The summed E-state index contributed by atoms with van der Waals surface area (Å²) < 4.78 is 2.16. The Labute approximate surface area is 335 Å². The van der Waals surface area contributed by atoms with Crippen LogP contribution in [0.4, 0.5) is 39.8 Å². The molecule has 0 saturated heterocycles. The topological polar surface area (TPSA) is 289 Å². The Morgan fingerprint density at radius 2 is 1.16 bits per heavy atom. The predicted octanol–water partition coefficient (Wildman–Crippen LogP) is 8.31. The van der Waals surface area contributed by atoms with Crippen LogP contribution in [-0.4, -0.2) is 39.4 Å². The van der Waals surface area contributed by atoms with Crippen LogP contribution in [0.15, 0.2) is 66.4 Å². The molecule has 301 valence electrons. The molecule has 0 fully saturated rings. The number of nitriles is 1. The maximum atomic E-state index is 12.5. The van der Waals surface area contributed by atoms with E-state index >= 15 is 0 Å².